The number of rotatable bonds is 18. The number of aryl methyl sites for hydroxylation is 2. The highest BCUT2D eigenvalue weighted by molar-refractivity contribution is 7.19. The van der Waals surface area contributed by atoms with Crippen LogP contribution in [-0.4, -0.2) is 8.75 Å². The van der Waals surface area contributed by atoms with E-state index in [1.807, 2.05) is 12.1 Å². The van der Waals surface area contributed by atoms with Crippen molar-refractivity contribution in [3.63, 3.8) is 0 Å². The second-order valence-electron chi connectivity index (χ2n) is 14.2. The molecule has 0 aliphatic carbocycles. The lowest BCUT2D eigenvalue weighted by Gasteiger charge is -2.14. The average molecular weight is 777 g/mol. The minimum Gasteiger partial charge on any atom is -0.206 e. The van der Waals surface area contributed by atoms with Gasteiger partial charge < -0.3 is 0 Å². The van der Waals surface area contributed by atoms with Crippen LogP contribution in [0.5, 0.6) is 0 Å². The third kappa shape index (κ3) is 8.95. The molecule has 0 bridgehead atoms. The summed E-state index contributed by atoms with van der Waals surface area (Å²) in [4.78, 5) is 2.12. The summed E-state index contributed by atoms with van der Waals surface area (Å²) in [5, 5.41) is 0. The smallest absolute Gasteiger partial charge is 0.170 e. The van der Waals surface area contributed by atoms with Crippen molar-refractivity contribution in [1.29, 1.82) is 0 Å². The van der Waals surface area contributed by atoms with Crippen molar-refractivity contribution in [1.82, 2.24) is 8.75 Å². The van der Waals surface area contributed by atoms with Crippen LogP contribution in [0.4, 0.5) is 17.6 Å². The van der Waals surface area contributed by atoms with Gasteiger partial charge >= 0.3 is 0 Å². The van der Waals surface area contributed by atoms with Crippen LogP contribution in [0.25, 0.3) is 52.8 Å². The number of halogens is 4. The minimum atomic E-state index is -1.03. The molecule has 9 heteroatoms. The molecule has 0 N–H and O–H groups in total. The van der Waals surface area contributed by atoms with Gasteiger partial charge in [-0.25, -0.2) is 17.6 Å². The molecule has 0 saturated heterocycles. The molecule has 6 aromatic rings. The van der Waals surface area contributed by atoms with Crippen molar-refractivity contribution < 1.29 is 17.6 Å². The molecule has 53 heavy (non-hydrogen) atoms. The van der Waals surface area contributed by atoms with E-state index in [9.17, 15) is 0 Å². The molecule has 0 fully saturated rings. The predicted octanol–water partition coefficient (Wildman–Crippen LogP) is 15.3. The summed E-state index contributed by atoms with van der Waals surface area (Å²) in [6, 6.07) is 17.6. The molecule has 0 spiro atoms. The fraction of sp³-hybridized carbons (Fsp3) is 0.409. The molecule has 3 aromatic heterocycles. The monoisotopic (exact) mass is 776 g/mol. The number of nitrogens with zero attached hydrogens (tertiary/aromatic N) is 2. The summed E-state index contributed by atoms with van der Waals surface area (Å²) in [5.74, 6) is -1.44. The van der Waals surface area contributed by atoms with E-state index < -0.39 is 11.6 Å². The van der Waals surface area contributed by atoms with Crippen molar-refractivity contribution in [3.8, 4) is 41.8 Å². The predicted molar refractivity (Wildman–Crippen MR) is 218 cm³/mol. The van der Waals surface area contributed by atoms with Crippen LogP contribution in [0.15, 0.2) is 60.7 Å². The Morgan fingerprint density at radius 2 is 0.943 bits per heavy atom. The second kappa shape index (κ2) is 18.3. The highest BCUT2D eigenvalue weighted by Crippen LogP contribution is 2.46. The zero-order valence-corrected chi connectivity index (χ0v) is 33.5. The molecule has 6 rings (SSSR count). The van der Waals surface area contributed by atoms with Gasteiger partial charge in [-0.05, 0) is 85.0 Å². The van der Waals surface area contributed by atoms with Crippen molar-refractivity contribution in [3.05, 3.63) is 95.1 Å². The van der Waals surface area contributed by atoms with E-state index in [2.05, 4.69) is 36.4 Å². The quantitative estimate of drug-likeness (QED) is 0.0813. The first kappa shape index (κ1) is 39.3. The Kier molecular flexibility index (Phi) is 13.6. The normalized spacial score (nSPS) is 12.9. The molecule has 0 radical (unpaired) electrons. The van der Waals surface area contributed by atoms with Crippen molar-refractivity contribution >= 4 is 45.4 Å². The third-order valence-corrected chi connectivity index (χ3v) is 13.5. The lowest BCUT2D eigenvalue weighted by molar-refractivity contribution is 0.421. The van der Waals surface area contributed by atoms with Gasteiger partial charge in [-0.1, -0.05) is 103 Å². The van der Waals surface area contributed by atoms with Crippen LogP contribution < -0.4 is 0 Å². The van der Waals surface area contributed by atoms with Gasteiger partial charge in [-0.2, -0.15) is 8.75 Å². The van der Waals surface area contributed by atoms with Crippen molar-refractivity contribution in [2.24, 2.45) is 11.8 Å². The number of thiophene rings is 2. The van der Waals surface area contributed by atoms with Gasteiger partial charge in [0.15, 0.2) is 11.6 Å². The molecule has 3 aromatic carbocycles. The highest BCUT2D eigenvalue weighted by atomic mass is 32.1. The summed E-state index contributed by atoms with van der Waals surface area (Å²) in [6.45, 7) is 8.84. The summed E-state index contributed by atoms with van der Waals surface area (Å²) in [6.07, 6.45) is 13.2. The van der Waals surface area contributed by atoms with E-state index in [1.54, 1.807) is 48.5 Å². The fourth-order valence-corrected chi connectivity index (χ4v) is 9.99. The summed E-state index contributed by atoms with van der Waals surface area (Å²) < 4.78 is 72.0. The van der Waals surface area contributed by atoms with Gasteiger partial charge in [0, 0.05) is 30.6 Å². The van der Waals surface area contributed by atoms with Crippen LogP contribution >= 0.6 is 34.4 Å². The van der Waals surface area contributed by atoms with Gasteiger partial charge in [0.25, 0.3) is 0 Å². The van der Waals surface area contributed by atoms with Crippen molar-refractivity contribution in [2.75, 3.05) is 0 Å². The molecule has 2 nitrogen and oxygen atoms in total. The molecular weight excluding hydrogens is 729 g/mol. The fourth-order valence-electron chi connectivity index (χ4n) is 7.29. The first-order valence-electron chi connectivity index (χ1n) is 19.2. The lowest BCUT2D eigenvalue weighted by Crippen LogP contribution is -2.01. The topological polar surface area (TPSA) is 25.8 Å². The van der Waals surface area contributed by atoms with E-state index in [1.165, 1.54) is 61.2 Å². The number of hydrogen-bond acceptors (Lipinski definition) is 5. The Morgan fingerprint density at radius 3 is 1.32 bits per heavy atom. The van der Waals surface area contributed by atoms with Crippen LogP contribution in [0.1, 0.15) is 103 Å². The maximum absolute atomic E-state index is 16.1. The van der Waals surface area contributed by atoms with Gasteiger partial charge in [0.05, 0.1) is 22.9 Å². The maximum Gasteiger partial charge on any atom is 0.170 e. The van der Waals surface area contributed by atoms with E-state index in [-0.39, 0.29) is 33.8 Å². The number of benzene rings is 3. The van der Waals surface area contributed by atoms with Gasteiger partial charge in [0.2, 0.25) is 0 Å². The number of fused-ring (bicyclic) bond motifs is 1. The molecule has 0 amide bonds. The van der Waals surface area contributed by atoms with E-state index >= 15 is 17.6 Å². The Bertz CT molecular complexity index is 1980. The first-order chi connectivity index (χ1) is 25.8. The summed E-state index contributed by atoms with van der Waals surface area (Å²) in [7, 11) is 0. The van der Waals surface area contributed by atoms with E-state index in [0.29, 0.717) is 42.5 Å². The summed E-state index contributed by atoms with van der Waals surface area (Å²) in [5.41, 5.74) is 3.30. The molecule has 0 aliphatic heterocycles. The number of hydrogen-bond donors (Lipinski definition) is 0. The van der Waals surface area contributed by atoms with E-state index in [4.69, 9.17) is 0 Å². The van der Waals surface area contributed by atoms with Gasteiger partial charge in [-0.3, -0.25) is 0 Å². The lowest BCUT2D eigenvalue weighted by atomic mass is 9.92. The molecule has 3 heterocycles. The minimum absolute atomic E-state index is 0.0133. The molecule has 2 unspecified atom stereocenters. The zero-order chi connectivity index (χ0) is 37.5. The van der Waals surface area contributed by atoms with Crippen LogP contribution in [0.3, 0.4) is 0 Å². The maximum atomic E-state index is 16.1. The molecular formula is C44H48F4N2S3. The number of unbranched alkanes of at least 4 members (excludes halogenated alkanes) is 2. The first-order valence-corrected chi connectivity index (χ1v) is 21.5. The standard InChI is InChI=1S/C44H48F4N2S3/c1-5-9-11-27(7-3)13-15-29-17-19-31(33(45)25-29)35-21-23-37(51-35)39-41(47)42(48)40(44-43(39)49-53-50-44)38-24-22-36(52-38)32-20-18-30(26-34(32)46)16-14-28(8-4)12-10-6-2/h17-28H,5-16H2,1-4H3. The molecule has 0 aliphatic rings. The largest absolute Gasteiger partial charge is 0.206 e. The Morgan fingerprint density at radius 1 is 0.528 bits per heavy atom. The Balaban J connectivity index is 1.23. The highest BCUT2D eigenvalue weighted by Gasteiger charge is 2.27. The van der Waals surface area contributed by atoms with Crippen molar-refractivity contribution in [2.45, 2.75) is 105 Å². The average Bonchev–Trinajstić information content (AvgIpc) is 3.95. The molecule has 0 saturated carbocycles. The third-order valence-electron chi connectivity index (χ3n) is 10.7. The van der Waals surface area contributed by atoms with Gasteiger partial charge in [-0.15, -0.1) is 22.7 Å². The summed E-state index contributed by atoms with van der Waals surface area (Å²) >= 11 is 3.28. The SMILES string of the molecule is CCCCC(CC)CCc1ccc(-c2ccc(-c3c(F)c(F)c(-c4ccc(-c5ccc(CCC(CC)CCCC)cc5F)s4)c4nsnc34)s2)c(F)c1. The zero-order valence-electron chi connectivity index (χ0n) is 31.0. The van der Waals surface area contributed by atoms with Gasteiger partial charge in [0.1, 0.15) is 22.7 Å². The number of aromatic nitrogens is 2. The van der Waals surface area contributed by atoms with E-state index in [0.717, 1.165) is 61.4 Å². The Hall–Kier alpha value is -3.40. The van der Waals surface area contributed by atoms with Crippen LogP contribution in [-0.2, 0) is 12.8 Å². The molecule has 2 atom stereocenters. The van der Waals surface area contributed by atoms with Crippen LogP contribution in [0.2, 0.25) is 0 Å². The second-order valence-corrected chi connectivity index (χ2v) is 16.9. The Labute approximate surface area is 323 Å². The van der Waals surface area contributed by atoms with Crippen LogP contribution in [0, 0.1) is 35.1 Å². The molecule has 280 valence electrons.